The first-order chi connectivity index (χ1) is 9.65. The van der Waals surface area contributed by atoms with Crippen LogP contribution in [0.2, 0.25) is 0 Å². The van der Waals surface area contributed by atoms with E-state index in [1.165, 1.54) is 32.1 Å². The lowest BCUT2D eigenvalue weighted by Gasteiger charge is -2.19. The number of nitrogens with zero attached hydrogens (tertiary/aromatic N) is 1. The molecule has 0 radical (unpaired) electrons. The second-order valence-electron chi connectivity index (χ2n) is 5.08. The van der Waals surface area contributed by atoms with Crippen molar-refractivity contribution in [3.63, 3.8) is 0 Å². The van der Waals surface area contributed by atoms with Gasteiger partial charge in [0.05, 0.1) is 6.61 Å². The number of likely N-dealkylation sites (N-methyl/N-ethyl adjacent to an activating group) is 1. The Hall–Kier alpha value is -1.06. The third-order valence-corrected chi connectivity index (χ3v) is 3.35. The van der Waals surface area contributed by atoms with Crippen LogP contribution in [0.3, 0.4) is 0 Å². The summed E-state index contributed by atoms with van der Waals surface area (Å²) < 4.78 is 4.87. The molecule has 0 unspecified atom stereocenters. The van der Waals surface area contributed by atoms with E-state index < -0.39 is 0 Å². The number of rotatable bonds is 12. The fraction of sp³-hybridized carbons (Fsp3) is 0.875. The van der Waals surface area contributed by atoms with E-state index >= 15 is 0 Å². The lowest BCUT2D eigenvalue weighted by Crippen LogP contribution is -2.36. The third-order valence-electron chi connectivity index (χ3n) is 3.35. The highest BCUT2D eigenvalue weighted by Crippen LogP contribution is 2.09. The standard InChI is InChI=1S/C16H31NO3/c1-4-7-8-9-10-11-12-13-15(18)17(5-2)14-16(19)20-6-3/h4-14H2,1-3H3. The van der Waals surface area contributed by atoms with Crippen LogP contribution in [0.4, 0.5) is 0 Å². The molecule has 4 heteroatoms. The highest BCUT2D eigenvalue weighted by Gasteiger charge is 2.15. The van der Waals surface area contributed by atoms with Gasteiger partial charge in [-0.25, -0.2) is 0 Å². The molecule has 0 atom stereocenters. The molecule has 0 aliphatic rings. The smallest absolute Gasteiger partial charge is 0.325 e. The van der Waals surface area contributed by atoms with Gasteiger partial charge in [-0.05, 0) is 20.3 Å². The van der Waals surface area contributed by atoms with E-state index in [1.54, 1.807) is 11.8 Å². The maximum absolute atomic E-state index is 12.0. The van der Waals surface area contributed by atoms with Crippen LogP contribution in [0.5, 0.6) is 0 Å². The predicted molar refractivity (Wildman–Crippen MR) is 81.5 cm³/mol. The van der Waals surface area contributed by atoms with Gasteiger partial charge in [0.1, 0.15) is 6.54 Å². The summed E-state index contributed by atoms with van der Waals surface area (Å²) in [5, 5.41) is 0. The molecule has 0 heterocycles. The Morgan fingerprint density at radius 3 is 2.05 bits per heavy atom. The van der Waals surface area contributed by atoms with Crippen molar-refractivity contribution in [2.45, 2.75) is 72.1 Å². The van der Waals surface area contributed by atoms with Crippen molar-refractivity contribution in [2.75, 3.05) is 19.7 Å². The number of ether oxygens (including phenoxy) is 1. The molecule has 0 N–H and O–H groups in total. The minimum Gasteiger partial charge on any atom is -0.465 e. The Morgan fingerprint density at radius 1 is 0.900 bits per heavy atom. The average Bonchev–Trinajstić information content (AvgIpc) is 2.43. The minimum absolute atomic E-state index is 0.0640. The fourth-order valence-electron chi connectivity index (χ4n) is 2.13. The zero-order valence-corrected chi connectivity index (χ0v) is 13.5. The quantitative estimate of drug-likeness (QED) is 0.407. The van der Waals surface area contributed by atoms with E-state index in [9.17, 15) is 9.59 Å². The van der Waals surface area contributed by atoms with Gasteiger partial charge in [-0.3, -0.25) is 9.59 Å². The van der Waals surface area contributed by atoms with Crippen LogP contribution in [0.25, 0.3) is 0 Å². The van der Waals surface area contributed by atoms with Gasteiger partial charge in [-0.2, -0.15) is 0 Å². The van der Waals surface area contributed by atoms with Gasteiger partial charge >= 0.3 is 5.97 Å². The molecule has 1 amide bonds. The van der Waals surface area contributed by atoms with Crippen molar-refractivity contribution in [1.82, 2.24) is 4.90 Å². The second kappa shape index (κ2) is 12.9. The molecule has 0 saturated heterocycles. The maximum atomic E-state index is 12.0. The summed E-state index contributed by atoms with van der Waals surface area (Å²) in [4.78, 5) is 24.9. The molecule has 118 valence electrons. The lowest BCUT2D eigenvalue weighted by molar-refractivity contribution is -0.148. The Morgan fingerprint density at radius 2 is 1.50 bits per heavy atom. The molecule has 0 aromatic carbocycles. The van der Waals surface area contributed by atoms with E-state index in [2.05, 4.69) is 6.92 Å². The van der Waals surface area contributed by atoms with Gasteiger partial charge in [-0.15, -0.1) is 0 Å². The predicted octanol–water partition coefficient (Wildman–Crippen LogP) is 3.54. The summed E-state index contributed by atoms with van der Waals surface area (Å²) in [5.74, 6) is -0.253. The summed E-state index contributed by atoms with van der Waals surface area (Å²) in [6.07, 6.45) is 8.91. The van der Waals surface area contributed by atoms with E-state index in [4.69, 9.17) is 4.74 Å². The van der Waals surface area contributed by atoms with Crippen LogP contribution in [0.1, 0.15) is 72.1 Å². The van der Waals surface area contributed by atoms with Gasteiger partial charge in [0, 0.05) is 13.0 Å². The van der Waals surface area contributed by atoms with Gasteiger partial charge < -0.3 is 9.64 Å². The van der Waals surface area contributed by atoms with E-state index in [0.29, 0.717) is 19.6 Å². The summed E-state index contributed by atoms with van der Waals surface area (Å²) in [6.45, 7) is 6.88. The molecule has 0 spiro atoms. The molecule has 0 bridgehead atoms. The van der Waals surface area contributed by atoms with Gasteiger partial charge in [-0.1, -0.05) is 45.4 Å². The van der Waals surface area contributed by atoms with Gasteiger partial charge in [0.25, 0.3) is 0 Å². The van der Waals surface area contributed by atoms with E-state index in [-0.39, 0.29) is 18.4 Å². The molecular weight excluding hydrogens is 254 g/mol. The zero-order chi connectivity index (χ0) is 15.2. The summed E-state index contributed by atoms with van der Waals surface area (Å²) in [7, 11) is 0. The van der Waals surface area contributed by atoms with Gasteiger partial charge in [0.2, 0.25) is 5.91 Å². The SMILES string of the molecule is CCCCCCCCCC(=O)N(CC)CC(=O)OCC. The first-order valence-corrected chi connectivity index (χ1v) is 8.09. The molecule has 0 aromatic heterocycles. The summed E-state index contributed by atoms with van der Waals surface area (Å²) in [5.41, 5.74) is 0. The van der Waals surface area contributed by atoms with Crippen molar-refractivity contribution in [1.29, 1.82) is 0 Å². The van der Waals surface area contributed by atoms with Crippen molar-refractivity contribution in [3.8, 4) is 0 Å². The first kappa shape index (κ1) is 18.9. The molecular formula is C16H31NO3. The molecule has 20 heavy (non-hydrogen) atoms. The molecule has 0 aromatic rings. The molecule has 4 nitrogen and oxygen atoms in total. The largest absolute Gasteiger partial charge is 0.465 e. The number of esters is 1. The second-order valence-corrected chi connectivity index (χ2v) is 5.08. The van der Waals surface area contributed by atoms with Crippen molar-refractivity contribution < 1.29 is 14.3 Å². The molecule has 0 fully saturated rings. The molecule has 0 rings (SSSR count). The molecule has 0 aliphatic heterocycles. The number of hydrogen-bond donors (Lipinski definition) is 0. The van der Waals surface area contributed by atoms with Crippen LogP contribution in [-0.4, -0.2) is 36.5 Å². The first-order valence-electron chi connectivity index (χ1n) is 8.09. The zero-order valence-electron chi connectivity index (χ0n) is 13.5. The number of amides is 1. The summed E-state index contributed by atoms with van der Waals surface area (Å²) >= 11 is 0. The Labute approximate surface area is 123 Å². The summed E-state index contributed by atoms with van der Waals surface area (Å²) in [6, 6.07) is 0. The number of unbranched alkanes of at least 4 members (excludes halogenated alkanes) is 6. The Kier molecular flexibility index (Phi) is 12.3. The molecule has 0 saturated carbocycles. The van der Waals surface area contributed by atoms with Crippen LogP contribution in [0.15, 0.2) is 0 Å². The topological polar surface area (TPSA) is 46.6 Å². The lowest BCUT2D eigenvalue weighted by atomic mass is 10.1. The molecule has 0 aliphatic carbocycles. The Bertz CT molecular complexity index is 266. The number of carbonyl (C=O) groups excluding carboxylic acids is 2. The fourth-order valence-corrected chi connectivity index (χ4v) is 2.13. The normalized spacial score (nSPS) is 10.3. The Balaban J connectivity index is 3.73. The third kappa shape index (κ3) is 9.82. The van der Waals surface area contributed by atoms with Crippen LogP contribution in [-0.2, 0) is 14.3 Å². The maximum Gasteiger partial charge on any atom is 0.325 e. The van der Waals surface area contributed by atoms with Crippen molar-refractivity contribution in [3.05, 3.63) is 0 Å². The van der Waals surface area contributed by atoms with Crippen molar-refractivity contribution >= 4 is 11.9 Å². The van der Waals surface area contributed by atoms with Gasteiger partial charge in [0.15, 0.2) is 0 Å². The van der Waals surface area contributed by atoms with Crippen LogP contribution < -0.4 is 0 Å². The minimum atomic E-state index is -0.317. The van der Waals surface area contributed by atoms with Crippen molar-refractivity contribution in [2.24, 2.45) is 0 Å². The van der Waals surface area contributed by atoms with E-state index in [0.717, 1.165) is 12.8 Å². The van der Waals surface area contributed by atoms with Crippen LogP contribution >= 0.6 is 0 Å². The number of carbonyl (C=O) groups is 2. The van der Waals surface area contributed by atoms with E-state index in [1.807, 2.05) is 6.92 Å². The number of hydrogen-bond acceptors (Lipinski definition) is 3. The highest BCUT2D eigenvalue weighted by molar-refractivity contribution is 5.82. The van der Waals surface area contributed by atoms with Crippen LogP contribution in [0, 0.1) is 0 Å². The monoisotopic (exact) mass is 285 g/mol. The highest BCUT2D eigenvalue weighted by atomic mass is 16.5. The average molecular weight is 285 g/mol.